The van der Waals surface area contributed by atoms with E-state index in [2.05, 4.69) is 23.3 Å². The molecule has 0 spiro atoms. The molecule has 11 heavy (non-hydrogen) atoms. The van der Waals surface area contributed by atoms with Crippen molar-refractivity contribution in [3.63, 3.8) is 0 Å². The second-order valence-electron chi connectivity index (χ2n) is 2.73. The Balaban J connectivity index is 2.43. The van der Waals surface area contributed by atoms with E-state index in [4.69, 9.17) is 0 Å². The minimum Gasteiger partial charge on any atom is -0.371 e. The van der Waals surface area contributed by atoms with Gasteiger partial charge in [0.25, 0.3) is 0 Å². The molecule has 2 nitrogen and oxygen atoms in total. The van der Waals surface area contributed by atoms with Crippen LogP contribution in [0.1, 0.15) is 12.6 Å². The quantitative estimate of drug-likeness (QED) is 0.640. The lowest BCUT2D eigenvalue weighted by atomic mass is 10.3. The van der Waals surface area contributed by atoms with Crippen molar-refractivity contribution in [3.05, 3.63) is 18.0 Å². The van der Waals surface area contributed by atoms with E-state index in [1.807, 2.05) is 24.9 Å². The Bertz CT molecular complexity index is 285. The van der Waals surface area contributed by atoms with Crippen molar-refractivity contribution in [2.75, 3.05) is 5.32 Å². The maximum Gasteiger partial charge on any atom is 0.0742 e. The molecule has 1 aliphatic rings. The van der Waals surface area contributed by atoms with Crippen molar-refractivity contribution in [3.8, 4) is 0 Å². The first-order chi connectivity index (χ1) is 5.25. The maximum absolute atomic E-state index is 4.21. The zero-order valence-corrected chi connectivity index (χ0v) is 7.40. The molecule has 0 bridgehead atoms. The monoisotopic (exact) mass is 166 g/mol. The van der Waals surface area contributed by atoms with Gasteiger partial charge in [0.2, 0.25) is 0 Å². The predicted molar refractivity (Wildman–Crippen MR) is 47.9 cm³/mol. The van der Waals surface area contributed by atoms with Crippen LogP contribution in [0.4, 0.5) is 5.69 Å². The highest BCUT2D eigenvalue weighted by Gasteiger charge is 2.16. The average molecular weight is 166 g/mol. The lowest BCUT2D eigenvalue weighted by molar-refractivity contribution is 1.12. The largest absolute Gasteiger partial charge is 0.371 e. The minimum atomic E-state index is 0.494. The summed E-state index contributed by atoms with van der Waals surface area (Å²) in [6.45, 7) is 4.17. The van der Waals surface area contributed by atoms with Crippen LogP contribution < -0.4 is 5.32 Å². The molecule has 1 N–H and O–H groups in total. The molecule has 1 aromatic rings. The predicted octanol–water partition coefficient (Wildman–Crippen LogP) is 2.25. The van der Waals surface area contributed by atoms with Crippen LogP contribution in [-0.2, 0) is 0 Å². The van der Waals surface area contributed by atoms with Gasteiger partial charge in [-0.25, -0.2) is 0 Å². The Labute approximate surface area is 70.4 Å². The van der Waals surface area contributed by atoms with Crippen LogP contribution in [0.25, 0.3) is 0 Å². The summed E-state index contributed by atoms with van der Waals surface area (Å²) in [6.07, 6.45) is 1.90. The van der Waals surface area contributed by atoms with Gasteiger partial charge in [-0.05, 0) is 19.9 Å². The zero-order chi connectivity index (χ0) is 7.84. The number of aromatic nitrogens is 1. The highest BCUT2D eigenvalue weighted by Crippen LogP contribution is 2.37. The number of anilines is 1. The number of rotatable bonds is 0. The number of nitrogens with one attached hydrogen (secondary N) is 1. The molecule has 0 amide bonds. The molecule has 0 fully saturated rings. The molecular formula is C8H10N2S. The summed E-state index contributed by atoms with van der Waals surface area (Å²) in [5.41, 5.74) is 2.26. The van der Waals surface area contributed by atoms with E-state index in [0.29, 0.717) is 5.37 Å². The summed E-state index contributed by atoms with van der Waals surface area (Å²) in [7, 11) is 0. The van der Waals surface area contributed by atoms with Crippen LogP contribution in [0.3, 0.4) is 0 Å². The van der Waals surface area contributed by atoms with Crippen molar-refractivity contribution in [2.24, 2.45) is 0 Å². The summed E-state index contributed by atoms with van der Waals surface area (Å²) in [5.74, 6) is 0. The Morgan fingerprint density at radius 3 is 3.27 bits per heavy atom. The smallest absolute Gasteiger partial charge is 0.0742 e. The number of aryl methyl sites for hydroxylation is 1. The molecule has 1 aliphatic heterocycles. The van der Waals surface area contributed by atoms with Gasteiger partial charge in [0, 0.05) is 10.6 Å². The summed E-state index contributed by atoms with van der Waals surface area (Å²) in [6, 6.07) is 2.12. The first-order valence-electron chi connectivity index (χ1n) is 3.65. The Morgan fingerprint density at radius 1 is 1.64 bits per heavy atom. The molecule has 1 aromatic heterocycles. The molecule has 0 aliphatic carbocycles. The van der Waals surface area contributed by atoms with Crippen LogP contribution in [0, 0.1) is 6.92 Å². The van der Waals surface area contributed by atoms with Crippen molar-refractivity contribution in [1.82, 2.24) is 4.98 Å². The standard InChI is InChI=1S/C8H10N2S/c1-5-3-8-7(4-9-5)10-6(2)11-8/h3-4,6,10H,1-2H3. The van der Waals surface area contributed by atoms with E-state index in [1.54, 1.807) is 0 Å². The van der Waals surface area contributed by atoms with Crippen LogP contribution in [-0.4, -0.2) is 10.4 Å². The number of hydrogen-bond acceptors (Lipinski definition) is 3. The molecule has 3 heteroatoms. The summed E-state index contributed by atoms with van der Waals surface area (Å²) >= 11 is 1.85. The third kappa shape index (κ3) is 1.20. The van der Waals surface area contributed by atoms with E-state index in [0.717, 1.165) is 5.69 Å². The Morgan fingerprint density at radius 2 is 2.45 bits per heavy atom. The number of thioether (sulfide) groups is 1. The number of hydrogen-bond donors (Lipinski definition) is 1. The van der Waals surface area contributed by atoms with Crippen molar-refractivity contribution < 1.29 is 0 Å². The van der Waals surface area contributed by atoms with Gasteiger partial charge < -0.3 is 5.32 Å². The van der Waals surface area contributed by atoms with Crippen molar-refractivity contribution >= 4 is 17.4 Å². The van der Waals surface area contributed by atoms with E-state index < -0.39 is 0 Å². The number of fused-ring (bicyclic) bond motifs is 1. The van der Waals surface area contributed by atoms with Gasteiger partial charge in [-0.2, -0.15) is 0 Å². The Hall–Kier alpha value is -0.700. The van der Waals surface area contributed by atoms with Crippen molar-refractivity contribution in [2.45, 2.75) is 24.1 Å². The molecular weight excluding hydrogens is 156 g/mol. The van der Waals surface area contributed by atoms with Crippen LogP contribution in [0.2, 0.25) is 0 Å². The molecule has 0 radical (unpaired) electrons. The van der Waals surface area contributed by atoms with Gasteiger partial charge in [0.15, 0.2) is 0 Å². The van der Waals surface area contributed by atoms with Gasteiger partial charge in [-0.3, -0.25) is 4.98 Å². The van der Waals surface area contributed by atoms with Crippen LogP contribution in [0.5, 0.6) is 0 Å². The van der Waals surface area contributed by atoms with E-state index in [9.17, 15) is 0 Å². The normalized spacial score (nSPS) is 21.1. The van der Waals surface area contributed by atoms with E-state index >= 15 is 0 Å². The fourth-order valence-electron chi connectivity index (χ4n) is 1.18. The topological polar surface area (TPSA) is 24.9 Å². The lowest BCUT2D eigenvalue weighted by Crippen LogP contribution is -2.02. The highest BCUT2D eigenvalue weighted by molar-refractivity contribution is 8.00. The van der Waals surface area contributed by atoms with Crippen LogP contribution >= 0.6 is 11.8 Å². The lowest BCUT2D eigenvalue weighted by Gasteiger charge is -1.99. The molecule has 58 valence electrons. The summed E-state index contributed by atoms with van der Waals surface area (Å²) < 4.78 is 0. The highest BCUT2D eigenvalue weighted by atomic mass is 32.2. The first kappa shape index (κ1) is 6.98. The molecule has 2 heterocycles. The Kier molecular flexibility index (Phi) is 1.53. The fourth-order valence-corrected chi connectivity index (χ4v) is 2.22. The fraction of sp³-hybridized carbons (Fsp3) is 0.375. The second-order valence-corrected chi connectivity index (χ2v) is 4.11. The van der Waals surface area contributed by atoms with Gasteiger partial charge in [-0.15, -0.1) is 0 Å². The SMILES string of the molecule is Cc1cc2c(cn1)NC(C)S2. The maximum atomic E-state index is 4.21. The van der Waals surface area contributed by atoms with E-state index in [1.165, 1.54) is 10.6 Å². The van der Waals surface area contributed by atoms with Crippen molar-refractivity contribution in [1.29, 1.82) is 0 Å². The molecule has 0 saturated heterocycles. The number of nitrogens with zero attached hydrogens (tertiary/aromatic N) is 1. The molecule has 1 unspecified atom stereocenters. The summed E-state index contributed by atoms with van der Waals surface area (Å²) in [4.78, 5) is 5.53. The molecule has 2 rings (SSSR count). The van der Waals surface area contributed by atoms with Gasteiger partial charge in [-0.1, -0.05) is 11.8 Å². The zero-order valence-electron chi connectivity index (χ0n) is 6.59. The van der Waals surface area contributed by atoms with E-state index in [-0.39, 0.29) is 0 Å². The second kappa shape index (κ2) is 2.41. The average Bonchev–Trinajstić information content (AvgIpc) is 2.27. The molecule has 1 atom stereocenters. The molecule has 0 saturated carbocycles. The minimum absolute atomic E-state index is 0.494. The molecule has 0 aromatic carbocycles. The van der Waals surface area contributed by atoms with Gasteiger partial charge in [0.1, 0.15) is 0 Å². The van der Waals surface area contributed by atoms with Gasteiger partial charge in [0.05, 0.1) is 17.3 Å². The van der Waals surface area contributed by atoms with Crippen LogP contribution in [0.15, 0.2) is 17.2 Å². The third-order valence-electron chi connectivity index (χ3n) is 1.67. The summed E-state index contributed by atoms with van der Waals surface area (Å²) in [5, 5.41) is 3.82. The number of pyridine rings is 1. The van der Waals surface area contributed by atoms with Gasteiger partial charge >= 0.3 is 0 Å². The third-order valence-corrected chi connectivity index (χ3v) is 2.73. The first-order valence-corrected chi connectivity index (χ1v) is 4.53.